The third kappa shape index (κ3) is 1.96. The van der Waals surface area contributed by atoms with Gasteiger partial charge in [0.05, 0.1) is 19.2 Å². The Morgan fingerprint density at radius 2 is 2.21 bits per heavy atom. The summed E-state index contributed by atoms with van der Waals surface area (Å²) in [6.45, 7) is 2.86. The van der Waals surface area contributed by atoms with Crippen molar-refractivity contribution in [3.8, 4) is 5.75 Å². The van der Waals surface area contributed by atoms with Crippen LogP contribution < -0.4 is 10.5 Å². The first-order chi connectivity index (χ1) is 9.20. The SMILES string of the molecule is COc1cccc2c1nc(N)n2Cc1sccc1C. The van der Waals surface area contributed by atoms with Crippen LogP contribution in [0.2, 0.25) is 0 Å². The fraction of sp³-hybridized carbons (Fsp3) is 0.214. The number of hydrogen-bond donors (Lipinski definition) is 1. The molecule has 3 aromatic rings. The van der Waals surface area contributed by atoms with Gasteiger partial charge in [0, 0.05) is 4.88 Å². The highest BCUT2D eigenvalue weighted by atomic mass is 32.1. The highest BCUT2D eigenvalue weighted by molar-refractivity contribution is 7.10. The first kappa shape index (κ1) is 12.0. The predicted octanol–water partition coefficient (Wildman–Crippen LogP) is 3.05. The van der Waals surface area contributed by atoms with E-state index >= 15 is 0 Å². The summed E-state index contributed by atoms with van der Waals surface area (Å²) in [6.07, 6.45) is 0. The van der Waals surface area contributed by atoms with Crippen molar-refractivity contribution < 1.29 is 4.74 Å². The van der Waals surface area contributed by atoms with Gasteiger partial charge in [0.15, 0.2) is 0 Å². The van der Waals surface area contributed by atoms with Gasteiger partial charge in [-0.2, -0.15) is 0 Å². The molecule has 0 aliphatic carbocycles. The summed E-state index contributed by atoms with van der Waals surface area (Å²) in [5.41, 5.74) is 9.15. The third-order valence-corrected chi connectivity index (χ3v) is 4.27. The van der Waals surface area contributed by atoms with Gasteiger partial charge < -0.3 is 15.0 Å². The molecular formula is C14H15N3OS. The summed E-state index contributed by atoms with van der Waals surface area (Å²) in [5, 5.41) is 2.10. The van der Waals surface area contributed by atoms with E-state index in [9.17, 15) is 0 Å². The lowest BCUT2D eigenvalue weighted by atomic mass is 10.2. The van der Waals surface area contributed by atoms with Gasteiger partial charge in [-0.1, -0.05) is 6.07 Å². The van der Waals surface area contributed by atoms with E-state index in [2.05, 4.69) is 23.4 Å². The number of nitrogen functional groups attached to an aromatic ring is 1. The molecule has 3 rings (SSSR count). The standard InChI is InChI=1S/C14H15N3OS/c1-9-6-7-19-12(9)8-17-10-4-3-5-11(18-2)13(10)16-14(17)15/h3-7H,8H2,1-2H3,(H2,15,16). The second kappa shape index (κ2) is 4.59. The number of aromatic nitrogens is 2. The molecule has 0 aliphatic rings. The number of para-hydroxylation sites is 1. The van der Waals surface area contributed by atoms with Crippen molar-refractivity contribution in [1.82, 2.24) is 9.55 Å². The smallest absolute Gasteiger partial charge is 0.201 e. The summed E-state index contributed by atoms with van der Waals surface area (Å²) in [7, 11) is 1.65. The number of rotatable bonds is 3. The van der Waals surface area contributed by atoms with Crippen LogP contribution in [0.15, 0.2) is 29.6 Å². The molecule has 0 saturated carbocycles. The first-order valence-electron chi connectivity index (χ1n) is 6.02. The lowest BCUT2D eigenvalue weighted by Crippen LogP contribution is -2.04. The minimum atomic E-state index is 0.521. The van der Waals surface area contributed by atoms with Gasteiger partial charge in [0.1, 0.15) is 11.3 Å². The summed E-state index contributed by atoms with van der Waals surface area (Å²) in [4.78, 5) is 5.71. The molecule has 4 nitrogen and oxygen atoms in total. The third-order valence-electron chi connectivity index (χ3n) is 3.26. The number of anilines is 1. The molecule has 1 aromatic carbocycles. The highest BCUT2D eigenvalue weighted by Gasteiger charge is 2.13. The number of aryl methyl sites for hydroxylation is 1. The molecule has 0 fully saturated rings. The van der Waals surface area contributed by atoms with Crippen molar-refractivity contribution >= 4 is 28.3 Å². The number of methoxy groups -OCH3 is 1. The number of thiophene rings is 1. The molecule has 0 spiro atoms. The lowest BCUT2D eigenvalue weighted by molar-refractivity contribution is 0.419. The largest absolute Gasteiger partial charge is 0.494 e. The number of hydrogen-bond acceptors (Lipinski definition) is 4. The Hall–Kier alpha value is -2.01. The molecule has 0 unspecified atom stereocenters. The van der Waals surface area contributed by atoms with Gasteiger partial charge >= 0.3 is 0 Å². The Morgan fingerprint density at radius 1 is 1.37 bits per heavy atom. The Kier molecular flexibility index (Phi) is 2.91. The van der Waals surface area contributed by atoms with E-state index in [1.54, 1.807) is 18.4 Å². The topological polar surface area (TPSA) is 53.1 Å². The maximum absolute atomic E-state index is 6.04. The maximum atomic E-state index is 6.04. The van der Waals surface area contributed by atoms with Crippen molar-refractivity contribution in [2.45, 2.75) is 13.5 Å². The van der Waals surface area contributed by atoms with Crippen LogP contribution in [0, 0.1) is 6.92 Å². The van der Waals surface area contributed by atoms with Crippen LogP contribution in [0.25, 0.3) is 11.0 Å². The van der Waals surface area contributed by atoms with Crippen LogP contribution in [0.4, 0.5) is 5.95 Å². The summed E-state index contributed by atoms with van der Waals surface area (Å²) < 4.78 is 7.35. The predicted molar refractivity (Wildman–Crippen MR) is 78.9 cm³/mol. The number of fused-ring (bicyclic) bond motifs is 1. The van der Waals surface area contributed by atoms with Crippen LogP contribution in [-0.4, -0.2) is 16.7 Å². The number of ether oxygens (including phenoxy) is 1. The molecule has 5 heteroatoms. The number of nitrogens with zero attached hydrogens (tertiary/aromatic N) is 2. The minimum Gasteiger partial charge on any atom is -0.494 e. The summed E-state index contributed by atoms with van der Waals surface area (Å²) in [6, 6.07) is 8.00. The van der Waals surface area contributed by atoms with Crippen molar-refractivity contribution in [2.75, 3.05) is 12.8 Å². The van der Waals surface area contributed by atoms with Crippen LogP contribution in [0.1, 0.15) is 10.4 Å². The number of imidazole rings is 1. The Balaban J connectivity index is 2.13. The van der Waals surface area contributed by atoms with E-state index in [1.165, 1.54) is 10.4 Å². The molecule has 19 heavy (non-hydrogen) atoms. The fourth-order valence-corrected chi connectivity index (χ4v) is 3.07. The van der Waals surface area contributed by atoms with Crippen LogP contribution in [-0.2, 0) is 6.54 Å². The maximum Gasteiger partial charge on any atom is 0.201 e. The van der Waals surface area contributed by atoms with E-state index in [1.807, 2.05) is 22.8 Å². The molecule has 98 valence electrons. The number of nitrogens with two attached hydrogens (primary N) is 1. The molecule has 0 saturated heterocycles. The minimum absolute atomic E-state index is 0.521. The van der Waals surface area contributed by atoms with E-state index in [-0.39, 0.29) is 0 Å². The second-order valence-electron chi connectivity index (χ2n) is 4.41. The van der Waals surface area contributed by atoms with Gasteiger partial charge in [-0.05, 0) is 36.1 Å². The summed E-state index contributed by atoms with van der Waals surface area (Å²) in [5.74, 6) is 1.28. The van der Waals surface area contributed by atoms with Gasteiger partial charge in [-0.25, -0.2) is 4.98 Å². The molecule has 0 aliphatic heterocycles. The van der Waals surface area contributed by atoms with E-state index in [0.29, 0.717) is 5.95 Å². The molecule has 0 radical (unpaired) electrons. The summed E-state index contributed by atoms with van der Waals surface area (Å²) >= 11 is 1.74. The average Bonchev–Trinajstić information content (AvgIpc) is 2.95. The second-order valence-corrected chi connectivity index (χ2v) is 5.41. The Labute approximate surface area is 115 Å². The first-order valence-corrected chi connectivity index (χ1v) is 6.90. The molecule has 0 atom stereocenters. The fourth-order valence-electron chi connectivity index (χ4n) is 2.18. The molecular weight excluding hydrogens is 258 g/mol. The number of benzene rings is 1. The van der Waals surface area contributed by atoms with Crippen molar-refractivity contribution in [3.05, 3.63) is 40.1 Å². The normalized spacial score (nSPS) is 11.1. The van der Waals surface area contributed by atoms with E-state index in [0.717, 1.165) is 23.3 Å². The Morgan fingerprint density at radius 3 is 2.89 bits per heavy atom. The quantitative estimate of drug-likeness (QED) is 0.798. The Bertz CT molecular complexity index is 729. The van der Waals surface area contributed by atoms with Crippen molar-refractivity contribution in [2.24, 2.45) is 0 Å². The molecule has 0 amide bonds. The lowest BCUT2D eigenvalue weighted by Gasteiger charge is -2.06. The zero-order chi connectivity index (χ0) is 13.4. The van der Waals surface area contributed by atoms with E-state index in [4.69, 9.17) is 10.5 Å². The van der Waals surface area contributed by atoms with Gasteiger partial charge in [-0.15, -0.1) is 11.3 Å². The zero-order valence-corrected chi connectivity index (χ0v) is 11.7. The van der Waals surface area contributed by atoms with E-state index < -0.39 is 0 Å². The molecule has 2 aromatic heterocycles. The molecule has 0 bridgehead atoms. The van der Waals surface area contributed by atoms with Gasteiger partial charge in [0.25, 0.3) is 0 Å². The monoisotopic (exact) mass is 273 g/mol. The van der Waals surface area contributed by atoms with Crippen molar-refractivity contribution in [1.29, 1.82) is 0 Å². The molecule has 2 heterocycles. The highest BCUT2D eigenvalue weighted by Crippen LogP contribution is 2.28. The van der Waals surface area contributed by atoms with Gasteiger partial charge in [0.2, 0.25) is 5.95 Å². The van der Waals surface area contributed by atoms with Crippen LogP contribution in [0.3, 0.4) is 0 Å². The van der Waals surface area contributed by atoms with Gasteiger partial charge in [-0.3, -0.25) is 0 Å². The van der Waals surface area contributed by atoms with Crippen molar-refractivity contribution in [3.63, 3.8) is 0 Å². The van der Waals surface area contributed by atoms with Crippen LogP contribution >= 0.6 is 11.3 Å². The van der Waals surface area contributed by atoms with Crippen LogP contribution in [0.5, 0.6) is 5.75 Å². The molecule has 2 N–H and O–H groups in total. The average molecular weight is 273 g/mol. The zero-order valence-electron chi connectivity index (χ0n) is 10.9.